The molecule has 8 nitrogen and oxygen atoms in total. The molecule has 2 N–H and O–H groups in total. The Hall–Kier alpha value is -2.20. The molecule has 0 saturated heterocycles. The minimum atomic E-state index is -1.37. The maximum Gasteiger partial charge on any atom is 1.00 e. The summed E-state index contributed by atoms with van der Waals surface area (Å²) in [7, 11) is 0. The van der Waals surface area contributed by atoms with E-state index in [4.69, 9.17) is 4.74 Å². The Morgan fingerprint density at radius 3 is 2.11 bits per heavy atom. The molecule has 0 saturated carbocycles. The molecule has 0 bridgehead atoms. The Kier molecular flexibility index (Phi) is 12.1. The van der Waals surface area contributed by atoms with Crippen molar-refractivity contribution in [2.75, 3.05) is 10.6 Å². The summed E-state index contributed by atoms with van der Waals surface area (Å²) < 4.78 is 5.52. The van der Waals surface area contributed by atoms with Crippen LogP contribution in [0.4, 0.5) is 10.7 Å². The summed E-state index contributed by atoms with van der Waals surface area (Å²) >= 11 is 1.29. The maximum atomic E-state index is 12.7. The smallest absolute Gasteiger partial charge is 0.545 e. The van der Waals surface area contributed by atoms with Crippen molar-refractivity contribution in [1.29, 1.82) is 0 Å². The topological polar surface area (TPSA) is 125 Å². The Labute approximate surface area is 232 Å². The van der Waals surface area contributed by atoms with Gasteiger partial charge in [0.1, 0.15) is 10.6 Å². The molecular formula is C25H31N2NaO6S. The van der Waals surface area contributed by atoms with E-state index in [0.29, 0.717) is 23.4 Å². The van der Waals surface area contributed by atoms with E-state index >= 15 is 0 Å². The number of hydrogen-bond acceptors (Lipinski definition) is 7. The second kappa shape index (κ2) is 13.8. The zero-order valence-electron chi connectivity index (χ0n) is 21.2. The van der Waals surface area contributed by atoms with Gasteiger partial charge in [0.2, 0.25) is 11.8 Å². The molecule has 2 rings (SSSR count). The first-order valence-corrected chi connectivity index (χ1v) is 12.0. The van der Waals surface area contributed by atoms with Gasteiger partial charge < -0.3 is 25.3 Å². The summed E-state index contributed by atoms with van der Waals surface area (Å²) in [6.45, 7) is 9.31. The van der Waals surface area contributed by atoms with E-state index in [9.17, 15) is 24.3 Å². The number of anilines is 2. The number of benzene rings is 1. The Bertz CT molecular complexity index is 1060. The number of carboxylic acid groups (broad SMARTS) is 1. The molecule has 0 fully saturated rings. The van der Waals surface area contributed by atoms with Crippen LogP contribution in [-0.4, -0.2) is 29.4 Å². The quantitative estimate of drug-likeness (QED) is 0.282. The Morgan fingerprint density at radius 1 is 1.00 bits per heavy atom. The fraction of sp³-hybridized carbons (Fsp3) is 0.440. The van der Waals surface area contributed by atoms with Crippen LogP contribution in [0, 0.1) is 0 Å². The summed E-state index contributed by atoms with van der Waals surface area (Å²) in [6.07, 6.45) is 1.19. The SMILES string of the molecule is CC(C)c1csc(NC(=O)CCCCC(=O)Nc2ccccc2C(=O)[O-])c1C(=O)OC(C)(C)C.[Na+]. The van der Waals surface area contributed by atoms with E-state index in [0.717, 1.165) is 5.56 Å². The molecule has 184 valence electrons. The number of carbonyl (C=O) groups is 4. The van der Waals surface area contributed by atoms with Crippen LogP contribution >= 0.6 is 11.3 Å². The third-order valence-corrected chi connectivity index (χ3v) is 5.69. The zero-order valence-corrected chi connectivity index (χ0v) is 24.0. The van der Waals surface area contributed by atoms with Gasteiger partial charge in [0.15, 0.2) is 0 Å². The van der Waals surface area contributed by atoms with Crippen LogP contribution in [0.2, 0.25) is 0 Å². The van der Waals surface area contributed by atoms with Crippen LogP contribution < -0.4 is 45.3 Å². The normalized spacial score (nSPS) is 10.9. The molecule has 0 radical (unpaired) electrons. The molecule has 0 unspecified atom stereocenters. The van der Waals surface area contributed by atoms with E-state index in [1.54, 1.807) is 32.9 Å². The minimum absolute atomic E-state index is 0. The molecule has 10 heteroatoms. The number of rotatable bonds is 10. The molecule has 35 heavy (non-hydrogen) atoms. The van der Waals surface area contributed by atoms with Gasteiger partial charge in [-0.25, -0.2) is 4.79 Å². The van der Waals surface area contributed by atoms with E-state index in [2.05, 4.69) is 10.6 Å². The van der Waals surface area contributed by atoms with Gasteiger partial charge in [0, 0.05) is 24.1 Å². The molecule has 2 amide bonds. The van der Waals surface area contributed by atoms with Gasteiger partial charge in [-0.1, -0.05) is 32.0 Å². The molecule has 0 aliphatic heterocycles. The number of thiophene rings is 1. The molecule has 0 aliphatic rings. The number of para-hydroxylation sites is 1. The van der Waals surface area contributed by atoms with Crippen molar-refractivity contribution in [2.24, 2.45) is 0 Å². The second-order valence-electron chi connectivity index (χ2n) is 9.19. The molecular weight excluding hydrogens is 479 g/mol. The van der Waals surface area contributed by atoms with Gasteiger partial charge >= 0.3 is 35.5 Å². The first-order valence-electron chi connectivity index (χ1n) is 11.1. The zero-order chi connectivity index (χ0) is 25.5. The average Bonchev–Trinajstić information content (AvgIpc) is 3.14. The molecule has 0 spiro atoms. The molecule has 0 atom stereocenters. The number of carbonyl (C=O) groups excluding carboxylic acids is 4. The van der Waals surface area contributed by atoms with Crippen molar-refractivity contribution in [2.45, 2.75) is 71.8 Å². The van der Waals surface area contributed by atoms with Crippen molar-refractivity contribution in [3.8, 4) is 0 Å². The summed E-state index contributed by atoms with van der Waals surface area (Å²) in [5.74, 6) is -2.36. The van der Waals surface area contributed by atoms with Crippen LogP contribution in [0.1, 0.15) is 92.5 Å². The number of esters is 1. The van der Waals surface area contributed by atoms with Crippen LogP contribution in [-0.2, 0) is 14.3 Å². The van der Waals surface area contributed by atoms with Crippen LogP contribution in [0.3, 0.4) is 0 Å². The number of nitrogens with one attached hydrogen (secondary N) is 2. The number of aromatic carboxylic acids is 1. The van der Waals surface area contributed by atoms with Crippen LogP contribution in [0.25, 0.3) is 0 Å². The van der Waals surface area contributed by atoms with Gasteiger partial charge in [0.25, 0.3) is 0 Å². The summed E-state index contributed by atoms with van der Waals surface area (Å²) in [4.78, 5) is 48.5. The first kappa shape index (κ1) is 30.8. The van der Waals surface area contributed by atoms with Crippen LogP contribution in [0.5, 0.6) is 0 Å². The predicted molar refractivity (Wildman–Crippen MR) is 130 cm³/mol. The van der Waals surface area contributed by atoms with Gasteiger partial charge in [-0.3, -0.25) is 9.59 Å². The molecule has 1 aromatic heterocycles. The predicted octanol–water partition coefficient (Wildman–Crippen LogP) is 1.33. The average molecular weight is 511 g/mol. The fourth-order valence-corrected chi connectivity index (χ4v) is 4.30. The number of amides is 2. The van der Waals surface area contributed by atoms with Crippen molar-refractivity contribution in [3.63, 3.8) is 0 Å². The summed E-state index contributed by atoms with van der Waals surface area (Å²) in [5, 5.41) is 18.8. The summed E-state index contributed by atoms with van der Waals surface area (Å²) in [5.41, 5.74) is 0.639. The van der Waals surface area contributed by atoms with E-state index < -0.39 is 17.5 Å². The van der Waals surface area contributed by atoms with Gasteiger partial charge in [-0.15, -0.1) is 11.3 Å². The van der Waals surface area contributed by atoms with E-state index in [-0.39, 0.29) is 71.4 Å². The van der Waals surface area contributed by atoms with Gasteiger partial charge in [-0.05, 0) is 56.5 Å². The van der Waals surface area contributed by atoms with Crippen LogP contribution in [0.15, 0.2) is 29.6 Å². The largest absolute Gasteiger partial charge is 1.00 e. The first-order chi connectivity index (χ1) is 15.9. The number of ether oxygens (including phenoxy) is 1. The van der Waals surface area contributed by atoms with Crippen molar-refractivity contribution >= 4 is 45.8 Å². The molecule has 0 aliphatic carbocycles. The number of carboxylic acids is 1. The third-order valence-electron chi connectivity index (χ3n) is 4.78. The number of unbranched alkanes of at least 4 members (excludes halogenated alkanes) is 1. The van der Waals surface area contributed by atoms with Crippen molar-refractivity contribution < 1.29 is 58.6 Å². The molecule has 1 aromatic carbocycles. The maximum absolute atomic E-state index is 12.7. The van der Waals surface area contributed by atoms with E-state index in [1.807, 2.05) is 19.2 Å². The monoisotopic (exact) mass is 510 g/mol. The second-order valence-corrected chi connectivity index (χ2v) is 10.1. The van der Waals surface area contributed by atoms with Gasteiger partial charge in [0.05, 0.1) is 11.5 Å². The molecule has 1 heterocycles. The minimum Gasteiger partial charge on any atom is -0.545 e. The Balaban J connectivity index is 0.00000612. The Morgan fingerprint density at radius 2 is 1.57 bits per heavy atom. The van der Waals surface area contributed by atoms with Crippen molar-refractivity contribution in [3.05, 3.63) is 46.3 Å². The van der Waals surface area contributed by atoms with E-state index in [1.165, 1.54) is 23.5 Å². The fourth-order valence-electron chi connectivity index (χ4n) is 3.17. The number of hydrogen-bond donors (Lipinski definition) is 2. The standard InChI is InChI=1S/C25H32N2O6S.Na/c1-15(2)17-14-34-22(21(17)24(32)33-25(3,4)5)27-20(29)13-9-8-12-19(28)26-18-11-7-6-10-16(18)23(30)31;/h6-7,10-11,14-15H,8-9,12-13H2,1-5H3,(H,26,28)(H,27,29)(H,30,31);/q;+1/p-1. The molecule has 2 aromatic rings. The van der Waals surface area contributed by atoms with Crippen molar-refractivity contribution in [1.82, 2.24) is 0 Å². The van der Waals surface area contributed by atoms with Gasteiger partial charge in [-0.2, -0.15) is 0 Å². The third kappa shape index (κ3) is 9.76. The summed E-state index contributed by atoms with van der Waals surface area (Å²) in [6, 6.07) is 6.01.